The number of carboxylic acid groups (broad SMARTS) is 1. The lowest BCUT2D eigenvalue weighted by Gasteiger charge is -2.10. The van der Waals surface area contributed by atoms with Gasteiger partial charge in [-0.15, -0.1) is 11.8 Å². The summed E-state index contributed by atoms with van der Waals surface area (Å²) in [5, 5.41) is 11.7. The topological polar surface area (TPSA) is 66.4 Å². The van der Waals surface area contributed by atoms with Crippen molar-refractivity contribution in [2.75, 3.05) is 11.6 Å². The van der Waals surface area contributed by atoms with Crippen LogP contribution in [0.4, 0.5) is 5.69 Å². The van der Waals surface area contributed by atoms with Crippen molar-refractivity contribution in [3.63, 3.8) is 0 Å². The van der Waals surface area contributed by atoms with E-state index in [1.165, 1.54) is 17.8 Å². The molecule has 4 nitrogen and oxygen atoms in total. The zero-order valence-corrected chi connectivity index (χ0v) is 11.6. The molecule has 5 heteroatoms. The largest absolute Gasteiger partial charge is 0.478 e. The van der Waals surface area contributed by atoms with Crippen LogP contribution in [-0.2, 0) is 0 Å². The number of benzene rings is 2. The van der Waals surface area contributed by atoms with E-state index in [1.807, 2.05) is 18.4 Å². The molecule has 1 amide bonds. The Kier molecular flexibility index (Phi) is 4.42. The lowest BCUT2D eigenvalue weighted by atomic mass is 10.1. The number of hydrogen-bond donors (Lipinski definition) is 2. The second kappa shape index (κ2) is 6.25. The predicted molar refractivity (Wildman–Crippen MR) is 79.6 cm³/mol. The highest BCUT2D eigenvalue weighted by Gasteiger charge is 2.14. The lowest BCUT2D eigenvalue weighted by Crippen LogP contribution is -2.15. The second-order valence-electron chi connectivity index (χ2n) is 4.01. The Bertz CT molecular complexity index is 655. The highest BCUT2D eigenvalue weighted by molar-refractivity contribution is 7.98. The molecule has 2 rings (SSSR count). The average molecular weight is 287 g/mol. The summed E-state index contributed by atoms with van der Waals surface area (Å²) in [6.45, 7) is 0. The van der Waals surface area contributed by atoms with Crippen molar-refractivity contribution in [3.05, 3.63) is 59.7 Å². The van der Waals surface area contributed by atoms with Gasteiger partial charge < -0.3 is 10.4 Å². The first-order valence-corrected chi connectivity index (χ1v) is 7.12. The summed E-state index contributed by atoms with van der Waals surface area (Å²) in [7, 11) is 0. The fraction of sp³-hybridized carbons (Fsp3) is 0.0667. The van der Waals surface area contributed by atoms with Crippen molar-refractivity contribution < 1.29 is 14.7 Å². The normalized spacial score (nSPS) is 10.1. The summed E-state index contributed by atoms with van der Waals surface area (Å²) in [5.74, 6) is -1.39. The van der Waals surface area contributed by atoms with Crippen LogP contribution in [-0.4, -0.2) is 23.2 Å². The van der Waals surface area contributed by atoms with Crippen molar-refractivity contribution in [3.8, 4) is 0 Å². The van der Waals surface area contributed by atoms with Crippen LogP contribution in [0.5, 0.6) is 0 Å². The van der Waals surface area contributed by atoms with E-state index in [2.05, 4.69) is 5.32 Å². The van der Waals surface area contributed by atoms with Gasteiger partial charge in [0.05, 0.1) is 16.8 Å². The second-order valence-corrected chi connectivity index (χ2v) is 4.85. The lowest BCUT2D eigenvalue weighted by molar-refractivity contribution is 0.0698. The molecule has 0 atom stereocenters. The first-order valence-electron chi connectivity index (χ1n) is 5.90. The molecule has 102 valence electrons. The molecule has 0 aliphatic carbocycles. The van der Waals surface area contributed by atoms with E-state index < -0.39 is 5.97 Å². The molecule has 0 radical (unpaired) electrons. The summed E-state index contributed by atoms with van der Waals surface area (Å²) >= 11 is 1.47. The number of carboxylic acids is 1. The van der Waals surface area contributed by atoms with Crippen LogP contribution in [0, 0.1) is 0 Å². The maximum absolute atomic E-state index is 12.3. The fourth-order valence-electron chi connectivity index (χ4n) is 1.80. The summed E-state index contributed by atoms with van der Waals surface area (Å²) in [6, 6.07) is 13.5. The van der Waals surface area contributed by atoms with E-state index >= 15 is 0 Å². The van der Waals surface area contributed by atoms with Gasteiger partial charge in [0.25, 0.3) is 5.91 Å². The molecule has 0 unspecified atom stereocenters. The van der Waals surface area contributed by atoms with Gasteiger partial charge in [0.2, 0.25) is 0 Å². The Labute approximate surface area is 120 Å². The van der Waals surface area contributed by atoms with E-state index in [9.17, 15) is 9.59 Å². The number of amides is 1. The maximum Gasteiger partial charge on any atom is 0.337 e. The number of hydrogen-bond acceptors (Lipinski definition) is 3. The highest BCUT2D eigenvalue weighted by Crippen LogP contribution is 2.22. The van der Waals surface area contributed by atoms with Gasteiger partial charge in [0.15, 0.2) is 0 Å². The van der Waals surface area contributed by atoms with Gasteiger partial charge in [-0.05, 0) is 30.5 Å². The van der Waals surface area contributed by atoms with Crippen LogP contribution in [0.15, 0.2) is 53.4 Å². The first-order chi connectivity index (χ1) is 9.63. The van der Waals surface area contributed by atoms with E-state index in [4.69, 9.17) is 5.11 Å². The Morgan fingerprint density at radius 2 is 1.60 bits per heavy atom. The van der Waals surface area contributed by atoms with E-state index in [0.717, 1.165) is 4.90 Å². The summed E-state index contributed by atoms with van der Waals surface area (Å²) < 4.78 is 0. The number of rotatable bonds is 4. The number of nitrogens with one attached hydrogen (secondary N) is 1. The maximum atomic E-state index is 12.3. The molecule has 0 heterocycles. The van der Waals surface area contributed by atoms with Gasteiger partial charge in [0.1, 0.15) is 0 Å². The van der Waals surface area contributed by atoms with Crippen LogP contribution < -0.4 is 5.32 Å². The van der Waals surface area contributed by atoms with Gasteiger partial charge in [-0.25, -0.2) is 4.79 Å². The third-order valence-corrected chi connectivity index (χ3v) is 3.55. The van der Waals surface area contributed by atoms with Gasteiger partial charge in [-0.2, -0.15) is 0 Å². The molecular weight excluding hydrogens is 274 g/mol. The molecule has 0 spiro atoms. The standard InChI is InChI=1S/C15H13NO3S/c1-20-13-9-5-3-7-11(13)14(17)16-12-8-4-2-6-10(12)15(18)19/h2-9H,1H3,(H,16,17)(H,18,19). The minimum absolute atomic E-state index is 0.0717. The summed E-state index contributed by atoms with van der Waals surface area (Å²) in [4.78, 5) is 24.2. The van der Waals surface area contributed by atoms with Crippen LogP contribution in [0.2, 0.25) is 0 Å². The third kappa shape index (κ3) is 3.00. The Hall–Kier alpha value is -2.27. The minimum atomic E-state index is -1.07. The van der Waals surface area contributed by atoms with Crippen molar-refractivity contribution >= 4 is 29.3 Å². The summed E-state index contributed by atoms with van der Waals surface area (Å²) in [5.41, 5.74) is 0.892. The quantitative estimate of drug-likeness (QED) is 0.846. The zero-order chi connectivity index (χ0) is 14.5. The Balaban J connectivity index is 2.31. The van der Waals surface area contributed by atoms with Gasteiger partial charge >= 0.3 is 5.97 Å². The van der Waals surface area contributed by atoms with Crippen LogP contribution >= 0.6 is 11.8 Å². The van der Waals surface area contributed by atoms with Gasteiger partial charge in [-0.1, -0.05) is 24.3 Å². The van der Waals surface area contributed by atoms with E-state index in [0.29, 0.717) is 11.3 Å². The number of thioether (sulfide) groups is 1. The highest BCUT2D eigenvalue weighted by atomic mass is 32.2. The first kappa shape index (κ1) is 14.1. The van der Waals surface area contributed by atoms with Crippen LogP contribution in [0.3, 0.4) is 0 Å². The number of carbonyl (C=O) groups excluding carboxylic acids is 1. The van der Waals surface area contributed by atoms with Crippen molar-refractivity contribution in [1.29, 1.82) is 0 Å². The molecule has 2 aromatic rings. The minimum Gasteiger partial charge on any atom is -0.478 e. The fourth-order valence-corrected chi connectivity index (χ4v) is 2.40. The number of para-hydroxylation sites is 1. The molecule has 0 aromatic heterocycles. The van der Waals surface area contributed by atoms with Crippen molar-refractivity contribution in [2.45, 2.75) is 4.90 Å². The molecule has 0 aliphatic heterocycles. The Morgan fingerprint density at radius 1 is 1.00 bits per heavy atom. The van der Waals surface area contributed by atoms with Crippen molar-refractivity contribution in [2.24, 2.45) is 0 Å². The SMILES string of the molecule is CSc1ccccc1C(=O)Nc1ccccc1C(=O)O. The van der Waals surface area contributed by atoms with Crippen molar-refractivity contribution in [1.82, 2.24) is 0 Å². The smallest absolute Gasteiger partial charge is 0.337 e. The van der Waals surface area contributed by atoms with Gasteiger partial charge in [0, 0.05) is 4.90 Å². The molecule has 2 N–H and O–H groups in total. The molecular formula is C15H13NO3S. The average Bonchev–Trinajstić information content (AvgIpc) is 2.47. The predicted octanol–water partition coefficient (Wildman–Crippen LogP) is 3.36. The molecule has 0 fully saturated rings. The van der Waals surface area contributed by atoms with Crippen LogP contribution in [0.1, 0.15) is 20.7 Å². The number of aromatic carboxylic acids is 1. The number of carbonyl (C=O) groups is 2. The third-order valence-electron chi connectivity index (χ3n) is 2.76. The molecule has 0 saturated heterocycles. The van der Waals surface area contributed by atoms with Gasteiger partial charge in [-0.3, -0.25) is 4.79 Å². The molecule has 20 heavy (non-hydrogen) atoms. The molecule has 0 saturated carbocycles. The monoisotopic (exact) mass is 287 g/mol. The molecule has 0 bridgehead atoms. The molecule has 0 aliphatic rings. The molecule has 2 aromatic carbocycles. The Morgan fingerprint density at radius 3 is 2.25 bits per heavy atom. The number of anilines is 1. The van der Waals surface area contributed by atoms with Crippen LogP contribution in [0.25, 0.3) is 0 Å². The van der Waals surface area contributed by atoms with E-state index in [1.54, 1.807) is 30.3 Å². The zero-order valence-electron chi connectivity index (χ0n) is 10.8. The van der Waals surface area contributed by atoms with E-state index in [-0.39, 0.29) is 11.5 Å². The summed E-state index contributed by atoms with van der Waals surface area (Å²) in [6.07, 6.45) is 1.89.